The first kappa shape index (κ1) is 24.2. The van der Waals surface area contributed by atoms with E-state index in [1.165, 1.54) is 37.6 Å². The Morgan fingerprint density at radius 1 is 0.719 bits per heavy atom. The van der Waals surface area contributed by atoms with E-state index in [2.05, 4.69) is 9.97 Å². The van der Waals surface area contributed by atoms with E-state index in [0.29, 0.717) is 11.6 Å². The molecule has 12 heteroatoms. The minimum absolute atomic E-state index is 0.0279. The van der Waals surface area contributed by atoms with Crippen LogP contribution < -0.4 is 20.6 Å². The van der Waals surface area contributed by atoms with Crippen LogP contribution >= 0.6 is 23.2 Å². The Bertz CT molecular complexity index is 1160. The summed E-state index contributed by atoms with van der Waals surface area (Å²) in [6.07, 6.45) is 0. The van der Waals surface area contributed by atoms with Crippen molar-refractivity contribution in [1.29, 1.82) is 0 Å². The van der Waals surface area contributed by atoms with Gasteiger partial charge in [0.05, 0.1) is 52.3 Å². The highest BCUT2D eigenvalue weighted by molar-refractivity contribution is 6.17. The van der Waals surface area contributed by atoms with Gasteiger partial charge >= 0.3 is 0 Å². The molecular weight excluding hydrogens is 463 g/mol. The maximum Gasteiger partial charge on any atom is 0.265 e. The first-order chi connectivity index (χ1) is 15.5. The molecule has 0 unspecified atom stereocenters. The number of hydrogen-bond acceptors (Lipinski definition) is 8. The average molecular weight is 487 g/mol. The third-order valence-corrected chi connectivity index (χ3v) is 5.54. The monoisotopic (exact) mass is 486 g/mol. The van der Waals surface area contributed by atoms with Gasteiger partial charge in [-0.1, -0.05) is 0 Å². The number of fused-ring (bicyclic) bond motifs is 2. The summed E-state index contributed by atoms with van der Waals surface area (Å²) in [5, 5.41) is 0.257. The number of aromatic nitrogens is 4. The fourth-order valence-electron chi connectivity index (χ4n) is 3.60. The minimum Gasteiger partial charge on any atom is -0.494 e. The second-order valence-electron chi connectivity index (χ2n) is 6.74. The van der Waals surface area contributed by atoms with Crippen molar-refractivity contribution in [1.82, 2.24) is 19.1 Å². The van der Waals surface area contributed by atoms with Crippen LogP contribution in [0.2, 0.25) is 0 Å². The van der Waals surface area contributed by atoms with E-state index >= 15 is 0 Å². The molecular formula is C20H24Cl2N4O6. The van der Waals surface area contributed by atoms with Gasteiger partial charge in [0.15, 0.2) is 11.5 Å². The Kier molecular flexibility index (Phi) is 7.94. The number of benzene rings is 1. The van der Waals surface area contributed by atoms with Crippen molar-refractivity contribution in [2.75, 3.05) is 41.7 Å². The second-order valence-corrected chi connectivity index (χ2v) is 7.27. The number of rotatable bonds is 10. The molecule has 32 heavy (non-hydrogen) atoms. The molecule has 0 aliphatic rings. The van der Waals surface area contributed by atoms with Gasteiger partial charge in [0, 0.05) is 14.2 Å². The number of nitrogens with zero attached hydrogens (tertiary/aromatic N) is 4. The number of halogens is 2. The SMILES string of the molecule is COCCn1c(CCl)nc2c(OC)c3c(=O)n(CCOC)c(CCl)nc3c(OC)c2c1=O. The minimum atomic E-state index is -0.405. The van der Waals surface area contributed by atoms with Crippen molar-refractivity contribution in [3.8, 4) is 11.5 Å². The van der Waals surface area contributed by atoms with Gasteiger partial charge in [-0.15, -0.1) is 23.2 Å². The number of methoxy groups -OCH3 is 4. The largest absolute Gasteiger partial charge is 0.494 e. The zero-order chi connectivity index (χ0) is 23.4. The van der Waals surface area contributed by atoms with Gasteiger partial charge in [-0.2, -0.15) is 0 Å². The van der Waals surface area contributed by atoms with E-state index in [4.69, 9.17) is 42.1 Å². The van der Waals surface area contributed by atoms with E-state index in [0.717, 1.165) is 0 Å². The van der Waals surface area contributed by atoms with Gasteiger partial charge in [-0.3, -0.25) is 18.7 Å². The van der Waals surface area contributed by atoms with Gasteiger partial charge < -0.3 is 18.9 Å². The lowest BCUT2D eigenvalue weighted by Crippen LogP contribution is -2.29. The molecule has 0 saturated heterocycles. The van der Waals surface area contributed by atoms with Crippen LogP contribution in [0, 0.1) is 0 Å². The summed E-state index contributed by atoms with van der Waals surface area (Å²) in [5.74, 6) is 0.794. The zero-order valence-corrected chi connectivity index (χ0v) is 19.7. The molecule has 0 fully saturated rings. The summed E-state index contributed by atoms with van der Waals surface area (Å²) in [6.45, 7) is 1.04. The molecule has 0 spiro atoms. The first-order valence-corrected chi connectivity index (χ1v) is 10.8. The van der Waals surface area contributed by atoms with E-state index in [-0.39, 0.29) is 71.4 Å². The van der Waals surface area contributed by atoms with Crippen LogP contribution in [0.25, 0.3) is 21.8 Å². The summed E-state index contributed by atoms with van der Waals surface area (Å²) in [4.78, 5) is 36.1. The summed E-state index contributed by atoms with van der Waals surface area (Å²) >= 11 is 12.2. The molecule has 1 aromatic carbocycles. The molecule has 0 saturated carbocycles. The quantitative estimate of drug-likeness (QED) is 0.315. The second kappa shape index (κ2) is 10.5. The fourth-order valence-corrected chi connectivity index (χ4v) is 4.01. The zero-order valence-electron chi connectivity index (χ0n) is 18.2. The lowest BCUT2D eigenvalue weighted by molar-refractivity contribution is 0.185. The molecule has 10 nitrogen and oxygen atoms in total. The topological polar surface area (TPSA) is 107 Å². The van der Waals surface area contributed by atoms with Crippen LogP contribution in [0.15, 0.2) is 9.59 Å². The van der Waals surface area contributed by atoms with E-state index < -0.39 is 11.1 Å². The van der Waals surface area contributed by atoms with E-state index in [1.807, 2.05) is 0 Å². The maximum atomic E-state index is 13.5. The molecule has 0 bridgehead atoms. The predicted octanol–water partition coefficient (Wildman–Crippen LogP) is 1.89. The summed E-state index contributed by atoms with van der Waals surface area (Å²) < 4.78 is 24.2. The number of alkyl halides is 2. The van der Waals surface area contributed by atoms with Gasteiger partial charge in [0.1, 0.15) is 33.5 Å². The van der Waals surface area contributed by atoms with Crippen LogP contribution in [0.4, 0.5) is 0 Å². The molecule has 0 atom stereocenters. The predicted molar refractivity (Wildman–Crippen MR) is 122 cm³/mol. The van der Waals surface area contributed by atoms with Crippen molar-refractivity contribution in [3.05, 3.63) is 32.4 Å². The first-order valence-electron chi connectivity index (χ1n) is 9.69. The summed E-state index contributed by atoms with van der Waals surface area (Å²) in [6, 6.07) is 0. The molecule has 0 amide bonds. The van der Waals surface area contributed by atoms with Crippen LogP contribution in [0.3, 0.4) is 0 Å². The van der Waals surface area contributed by atoms with Crippen molar-refractivity contribution in [2.24, 2.45) is 0 Å². The molecule has 2 heterocycles. The molecule has 174 valence electrons. The van der Waals surface area contributed by atoms with Gasteiger partial charge in [0.25, 0.3) is 11.1 Å². The maximum absolute atomic E-state index is 13.5. The molecule has 0 radical (unpaired) electrons. The van der Waals surface area contributed by atoms with Crippen molar-refractivity contribution in [2.45, 2.75) is 24.8 Å². The average Bonchev–Trinajstić information content (AvgIpc) is 2.81. The smallest absolute Gasteiger partial charge is 0.265 e. The van der Waals surface area contributed by atoms with Crippen LogP contribution in [0.1, 0.15) is 11.6 Å². The molecule has 0 aliphatic carbocycles. The third kappa shape index (κ3) is 4.03. The van der Waals surface area contributed by atoms with Crippen molar-refractivity contribution >= 4 is 45.0 Å². The molecule has 3 rings (SSSR count). The normalized spacial score (nSPS) is 11.4. The van der Waals surface area contributed by atoms with Crippen molar-refractivity contribution < 1.29 is 18.9 Å². The Labute approximate surface area is 193 Å². The fraction of sp³-hybridized carbons (Fsp3) is 0.500. The van der Waals surface area contributed by atoms with E-state index in [9.17, 15) is 9.59 Å². The van der Waals surface area contributed by atoms with E-state index in [1.54, 1.807) is 0 Å². The highest BCUT2D eigenvalue weighted by Gasteiger charge is 2.26. The Hall–Kier alpha value is -2.40. The number of hydrogen-bond donors (Lipinski definition) is 0. The molecule has 0 N–H and O–H groups in total. The Morgan fingerprint density at radius 3 is 1.38 bits per heavy atom. The Morgan fingerprint density at radius 2 is 1.09 bits per heavy atom. The van der Waals surface area contributed by atoms with Gasteiger partial charge in [-0.05, 0) is 0 Å². The lowest BCUT2D eigenvalue weighted by atomic mass is 10.1. The lowest BCUT2D eigenvalue weighted by Gasteiger charge is -2.18. The standard InChI is InChI=1S/C20H24Cl2N4O6/c1-29-7-5-25-11(9-21)23-15-13(19(25)27)17(31-3)16-14(18(15)32-4)20(28)26(6-8-30-2)12(10-22)24-16/h5-10H2,1-4H3. The summed E-state index contributed by atoms with van der Waals surface area (Å²) in [7, 11) is 5.85. The molecule has 2 aromatic heterocycles. The highest BCUT2D eigenvalue weighted by atomic mass is 35.5. The van der Waals surface area contributed by atoms with Crippen molar-refractivity contribution in [3.63, 3.8) is 0 Å². The van der Waals surface area contributed by atoms with Crippen LogP contribution in [-0.4, -0.2) is 60.8 Å². The number of ether oxygens (including phenoxy) is 4. The summed E-state index contributed by atoms with van der Waals surface area (Å²) in [5.41, 5.74) is -0.473. The van der Waals surface area contributed by atoms with Gasteiger partial charge in [0.2, 0.25) is 0 Å². The third-order valence-electron chi connectivity index (χ3n) is 5.07. The van der Waals surface area contributed by atoms with Gasteiger partial charge in [-0.25, -0.2) is 9.97 Å². The Balaban J connectivity index is 2.56. The molecule has 3 aromatic rings. The molecule has 0 aliphatic heterocycles. The van der Waals surface area contributed by atoms with Crippen LogP contribution in [0.5, 0.6) is 11.5 Å². The van der Waals surface area contributed by atoms with Crippen LogP contribution in [-0.2, 0) is 34.3 Å². The highest BCUT2D eigenvalue weighted by Crippen LogP contribution is 2.38.